The minimum absolute atomic E-state index is 0.265. The zero-order valence-electron chi connectivity index (χ0n) is 13.7. The zero-order chi connectivity index (χ0) is 17.5. The van der Waals surface area contributed by atoms with Gasteiger partial charge in [0.15, 0.2) is 11.0 Å². The Hall–Kier alpha value is -2.66. The largest absolute Gasteiger partial charge is 0.298 e. The maximum absolute atomic E-state index is 13.1. The summed E-state index contributed by atoms with van der Waals surface area (Å²) in [6, 6.07) is 16.4. The molecule has 0 saturated heterocycles. The molecule has 0 aliphatic rings. The number of benzene rings is 2. The van der Waals surface area contributed by atoms with Crippen molar-refractivity contribution in [1.29, 1.82) is 0 Å². The van der Waals surface area contributed by atoms with E-state index in [1.54, 1.807) is 30.0 Å². The molecule has 0 aliphatic carbocycles. The van der Waals surface area contributed by atoms with Crippen molar-refractivity contribution in [3.8, 4) is 11.4 Å². The molecule has 0 bridgehead atoms. The molecule has 1 aromatic heterocycles. The summed E-state index contributed by atoms with van der Waals surface area (Å²) in [5, 5.41) is 9.36. The first kappa shape index (κ1) is 17.2. The van der Waals surface area contributed by atoms with Gasteiger partial charge in [-0.2, -0.15) is 0 Å². The molecule has 1 heterocycles. The van der Waals surface area contributed by atoms with E-state index in [0.717, 1.165) is 22.3 Å². The Morgan fingerprint density at radius 3 is 2.52 bits per heavy atom. The van der Waals surface area contributed by atoms with E-state index in [1.807, 2.05) is 22.8 Å². The number of hydrogen-bond acceptors (Lipinski definition) is 3. The van der Waals surface area contributed by atoms with Crippen LogP contribution in [0.4, 0.5) is 4.39 Å². The van der Waals surface area contributed by atoms with Crippen LogP contribution < -0.4 is 0 Å². The fourth-order valence-corrected chi connectivity index (χ4v) is 3.13. The molecule has 0 amide bonds. The summed E-state index contributed by atoms with van der Waals surface area (Å²) in [7, 11) is 0. The fraction of sp³-hybridized carbons (Fsp3) is 0.100. The lowest BCUT2D eigenvalue weighted by molar-refractivity contribution is 0.628. The predicted octanol–water partition coefficient (Wildman–Crippen LogP) is 5.08. The van der Waals surface area contributed by atoms with Gasteiger partial charge in [0.25, 0.3) is 0 Å². The van der Waals surface area contributed by atoms with Gasteiger partial charge in [0.2, 0.25) is 0 Å². The van der Waals surface area contributed by atoms with Crippen molar-refractivity contribution in [2.45, 2.75) is 11.7 Å². The highest BCUT2D eigenvalue weighted by molar-refractivity contribution is 7.99. The third-order valence-corrected chi connectivity index (χ3v) is 4.47. The smallest absolute Gasteiger partial charge is 0.192 e. The summed E-state index contributed by atoms with van der Waals surface area (Å²) in [4.78, 5) is 0. The van der Waals surface area contributed by atoms with Gasteiger partial charge in [0.05, 0.1) is 0 Å². The molecule has 0 radical (unpaired) electrons. The number of halogens is 1. The molecule has 126 valence electrons. The minimum Gasteiger partial charge on any atom is -0.298 e. The number of allylic oxidation sites excluding steroid dienone is 1. The summed E-state index contributed by atoms with van der Waals surface area (Å²) in [5.74, 6) is 1.24. The van der Waals surface area contributed by atoms with E-state index in [0.29, 0.717) is 6.54 Å². The highest BCUT2D eigenvalue weighted by Gasteiger charge is 2.13. The summed E-state index contributed by atoms with van der Waals surface area (Å²) in [6.07, 6.45) is 5.99. The normalized spacial score (nSPS) is 11.1. The van der Waals surface area contributed by atoms with Gasteiger partial charge < -0.3 is 0 Å². The van der Waals surface area contributed by atoms with Crippen molar-refractivity contribution in [1.82, 2.24) is 14.8 Å². The Morgan fingerprint density at radius 2 is 1.80 bits per heavy atom. The second kappa shape index (κ2) is 8.44. The molecule has 3 aromatic rings. The van der Waals surface area contributed by atoms with Crippen molar-refractivity contribution >= 4 is 17.8 Å². The number of rotatable bonds is 7. The molecule has 25 heavy (non-hydrogen) atoms. The van der Waals surface area contributed by atoms with Crippen molar-refractivity contribution in [2.24, 2.45) is 0 Å². The third-order valence-electron chi connectivity index (χ3n) is 3.55. The maximum atomic E-state index is 13.1. The number of nitrogens with zero attached hydrogens (tertiary/aromatic N) is 3. The first-order valence-electron chi connectivity index (χ1n) is 7.92. The van der Waals surface area contributed by atoms with E-state index in [4.69, 9.17) is 0 Å². The van der Waals surface area contributed by atoms with E-state index >= 15 is 0 Å². The lowest BCUT2D eigenvalue weighted by Crippen LogP contribution is -2.00. The van der Waals surface area contributed by atoms with Crippen LogP contribution >= 0.6 is 11.8 Å². The van der Waals surface area contributed by atoms with Crippen molar-refractivity contribution in [3.63, 3.8) is 0 Å². The monoisotopic (exact) mass is 351 g/mol. The highest BCUT2D eigenvalue weighted by atomic mass is 32.2. The molecule has 2 aromatic carbocycles. The van der Waals surface area contributed by atoms with Gasteiger partial charge in [0.1, 0.15) is 5.82 Å². The highest BCUT2D eigenvalue weighted by Crippen LogP contribution is 2.24. The van der Waals surface area contributed by atoms with Crippen molar-refractivity contribution in [3.05, 3.63) is 84.7 Å². The lowest BCUT2D eigenvalue weighted by Gasteiger charge is -2.07. The van der Waals surface area contributed by atoms with Crippen LogP contribution in [-0.4, -0.2) is 20.5 Å². The second-order valence-corrected chi connectivity index (χ2v) is 6.32. The first-order valence-corrected chi connectivity index (χ1v) is 8.91. The van der Waals surface area contributed by atoms with Crippen LogP contribution in [-0.2, 0) is 6.54 Å². The molecule has 0 aliphatic heterocycles. The van der Waals surface area contributed by atoms with Crippen LogP contribution in [0.1, 0.15) is 5.56 Å². The number of hydrogen-bond donors (Lipinski definition) is 0. The Morgan fingerprint density at radius 1 is 1.04 bits per heavy atom. The SMILES string of the molecule is C=CCn1c(SCC=Cc2ccccc2)nnc1-c1ccc(F)cc1. The van der Waals surface area contributed by atoms with Crippen LogP contribution in [0.3, 0.4) is 0 Å². The van der Waals surface area contributed by atoms with Crippen LogP contribution in [0.2, 0.25) is 0 Å². The molecule has 0 N–H and O–H groups in total. The molecular weight excluding hydrogens is 333 g/mol. The molecular formula is C20H18FN3S. The standard InChI is InChI=1S/C20H18FN3S/c1-2-14-24-19(17-10-12-18(21)13-11-17)22-23-20(24)25-15-6-9-16-7-4-3-5-8-16/h2-13H,1,14-15H2. The van der Waals surface area contributed by atoms with E-state index < -0.39 is 0 Å². The average Bonchev–Trinajstić information content (AvgIpc) is 3.03. The number of thioether (sulfide) groups is 1. The molecule has 3 rings (SSSR count). The molecule has 5 heteroatoms. The van der Waals surface area contributed by atoms with Crippen LogP contribution in [0.5, 0.6) is 0 Å². The van der Waals surface area contributed by atoms with Gasteiger partial charge in [0, 0.05) is 17.9 Å². The minimum atomic E-state index is -0.265. The van der Waals surface area contributed by atoms with Gasteiger partial charge in [-0.15, -0.1) is 16.8 Å². The van der Waals surface area contributed by atoms with Gasteiger partial charge in [-0.25, -0.2) is 4.39 Å². The van der Waals surface area contributed by atoms with Crippen LogP contribution in [0, 0.1) is 5.82 Å². The Labute approximate surface area is 150 Å². The van der Waals surface area contributed by atoms with Crippen LogP contribution in [0.25, 0.3) is 17.5 Å². The predicted molar refractivity (Wildman–Crippen MR) is 102 cm³/mol. The van der Waals surface area contributed by atoms with Gasteiger partial charge in [-0.3, -0.25) is 4.57 Å². The molecule has 0 saturated carbocycles. The molecule has 0 unspecified atom stereocenters. The Bertz CT molecular complexity index is 854. The van der Waals surface area contributed by atoms with Crippen molar-refractivity contribution < 1.29 is 4.39 Å². The van der Waals surface area contributed by atoms with E-state index in [-0.39, 0.29) is 5.82 Å². The van der Waals surface area contributed by atoms with Gasteiger partial charge in [-0.1, -0.05) is 60.3 Å². The van der Waals surface area contributed by atoms with Gasteiger partial charge >= 0.3 is 0 Å². The fourth-order valence-electron chi connectivity index (χ4n) is 2.37. The topological polar surface area (TPSA) is 30.7 Å². The van der Waals surface area contributed by atoms with E-state index in [2.05, 4.69) is 41.1 Å². The first-order chi connectivity index (χ1) is 12.3. The van der Waals surface area contributed by atoms with Crippen molar-refractivity contribution in [2.75, 3.05) is 5.75 Å². The summed E-state index contributed by atoms with van der Waals surface area (Å²) < 4.78 is 15.1. The quantitative estimate of drug-likeness (QED) is 0.439. The van der Waals surface area contributed by atoms with E-state index in [1.165, 1.54) is 17.7 Å². The second-order valence-electron chi connectivity index (χ2n) is 5.34. The summed E-state index contributed by atoms with van der Waals surface area (Å²) in [5.41, 5.74) is 2.00. The number of aromatic nitrogens is 3. The lowest BCUT2D eigenvalue weighted by atomic mass is 10.2. The third kappa shape index (κ3) is 4.45. The van der Waals surface area contributed by atoms with Crippen LogP contribution in [0.15, 0.2) is 78.5 Å². The summed E-state index contributed by atoms with van der Waals surface area (Å²) >= 11 is 1.61. The zero-order valence-corrected chi connectivity index (χ0v) is 14.5. The van der Waals surface area contributed by atoms with E-state index in [9.17, 15) is 4.39 Å². The molecule has 0 spiro atoms. The molecule has 3 nitrogen and oxygen atoms in total. The Kier molecular flexibility index (Phi) is 5.80. The molecule has 0 fully saturated rings. The molecule has 0 atom stereocenters. The maximum Gasteiger partial charge on any atom is 0.192 e. The Balaban J connectivity index is 1.74. The summed E-state index contributed by atoms with van der Waals surface area (Å²) in [6.45, 7) is 4.40. The van der Waals surface area contributed by atoms with Gasteiger partial charge in [-0.05, 0) is 29.8 Å². The average molecular weight is 351 g/mol.